The Kier molecular flexibility index (Phi) is 7.38. The van der Waals surface area contributed by atoms with E-state index in [1.54, 1.807) is 0 Å². The highest BCUT2D eigenvalue weighted by atomic mass is 35.5. The number of halogens is 2. The van der Waals surface area contributed by atoms with Gasteiger partial charge < -0.3 is 10.1 Å². The minimum absolute atomic E-state index is 0.131. The number of fused-ring (bicyclic) bond motifs is 1. The van der Waals surface area contributed by atoms with Gasteiger partial charge >= 0.3 is 0 Å². The fourth-order valence-electron chi connectivity index (χ4n) is 5.24. The number of Topliss-reactive ketones (excluding diaryl/α,β-unsaturated/α-hetero) is 1. The Morgan fingerprint density at radius 3 is 2.35 bits per heavy atom. The molecule has 1 aliphatic heterocycles. The lowest BCUT2D eigenvalue weighted by atomic mass is 9.73. The van der Waals surface area contributed by atoms with E-state index in [0.717, 1.165) is 45.2 Å². The van der Waals surface area contributed by atoms with Gasteiger partial charge in [-0.2, -0.15) is 4.98 Å². The van der Waals surface area contributed by atoms with Gasteiger partial charge in [-0.25, -0.2) is 4.68 Å². The van der Waals surface area contributed by atoms with Gasteiger partial charge in [-0.1, -0.05) is 97.3 Å². The number of benzene rings is 3. The van der Waals surface area contributed by atoms with Crippen molar-refractivity contribution in [2.75, 3.05) is 5.32 Å². The molecule has 0 radical (unpaired) electrons. The summed E-state index contributed by atoms with van der Waals surface area (Å²) in [6.45, 7) is 4.62. The Morgan fingerprint density at radius 2 is 1.65 bits per heavy atom. The second-order valence-electron chi connectivity index (χ2n) is 10.9. The first-order valence-corrected chi connectivity index (χ1v) is 14.8. The molecule has 3 aromatic carbocycles. The van der Waals surface area contributed by atoms with E-state index in [4.69, 9.17) is 38.0 Å². The molecule has 0 spiro atoms. The molecule has 9 heteroatoms. The standard InChI is InChI=1S/C31H28Cl2N4O2S/c1-31(2)15-25-27(26(38)16-31)28(19-11-13-22(14-12-19)39-17-20-7-3-5-9-23(20)32)37-29(34-25)35-30(36-37)40-18-21-8-4-6-10-24(21)33/h3-14,28H,15-18H2,1-2H3,(H,34,35,36). The second-order valence-corrected chi connectivity index (χ2v) is 12.6. The summed E-state index contributed by atoms with van der Waals surface area (Å²) < 4.78 is 7.84. The lowest BCUT2D eigenvalue weighted by molar-refractivity contribution is -0.118. The van der Waals surface area contributed by atoms with E-state index in [0.29, 0.717) is 34.9 Å². The van der Waals surface area contributed by atoms with Crippen LogP contribution in [-0.4, -0.2) is 20.5 Å². The van der Waals surface area contributed by atoms with Crippen molar-refractivity contribution in [1.29, 1.82) is 0 Å². The number of rotatable bonds is 7. The molecular weight excluding hydrogens is 563 g/mol. The summed E-state index contributed by atoms with van der Waals surface area (Å²) in [5, 5.41) is 10.3. The van der Waals surface area contributed by atoms with Crippen LogP contribution < -0.4 is 10.1 Å². The quantitative estimate of drug-likeness (QED) is 0.219. The molecule has 0 saturated heterocycles. The number of carbonyl (C=O) groups excluding carboxylic acids is 1. The van der Waals surface area contributed by atoms with Crippen molar-refractivity contribution in [3.8, 4) is 5.75 Å². The summed E-state index contributed by atoms with van der Waals surface area (Å²) in [5.74, 6) is 2.13. The Balaban J connectivity index is 1.30. The van der Waals surface area contributed by atoms with E-state index in [1.807, 2.05) is 77.5 Å². The Labute approximate surface area is 247 Å². The van der Waals surface area contributed by atoms with Crippen molar-refractivity contribution in [3.05, 3.63) is 111 Å². The third kappa shape index (κ3) is 5.51. The zero-order valence-corrected chi connectivity index (χ0v) is 24.5. The average molecular weight is 592 g/mol. The molecule has 1 atom stereocenters. The molecule has 4 aromatic rings. The smallest absolute Gasteiger partial charge is 0.227 e. The molecule has 40 heavy (non-hydrogen) atoms. The number of hydrogen-bond acceptors (Lipinski definition) is 6. The number of nitrogens with one attached hydrogen (secondary N) is 1. The highest BCUT2D eigenvalue weighted by molar-refractivity contribution is 7.98. The monoisotopic (exact) mass is 590 g/mol. The third-order valence-corrected chi connectivity index (χ3v) is 8.80. The normalized spacial score (nSPS) is 17.7. The number of ketones is 1. The molecule has 1 unspecified atom stereocenters. The molecule has 1 N–H and O–H groups in total. The van der Waals surface area contributed by atoms with Crippen LogP contribution in [0.1, 0.15) is 49.4 Å². The van der Waals surface area contributed by atoms with Crippen LogP contribution in [0.3, 0.4) is 0 Å². The fraction of sp³-hybridized carbons (Fsp3) is 0.258. The van der Waals surface area contributed by atoms with Crippen LogP contribution in [0.2, 0.25) is 10.0 Å². The number of nitrogens with zero attached hydrogens (tertiary/aromatic N) is 3. The fourth-order valence-corrected chi connectivity index (χ4v) is 6.54. The molecular formula is C31H28Cl2N4O2S. The van der Waals surface area contributed by atoms with E-state index in [1.165, 1.54) is 11.8 Å². The molecule has 6 rings (SSSR count). The SMILES string of the molecule is CC1(C)CC(=O)C2=C(C1)Nc1nc(SCc3ccccc3Cl)nn1C2c1ccc(OCc2ccccc2Cl)cc1. The van der Waals surface area contributed by atoms with Crippen molar-refractivity contribution >= 4 is 46.7 Å². The first-order chi connectivity index (χ1) is 19.3. The van der Waals surface area contributed by atoms with Crippen LogP contribution in [0.4, 0.5) is 5.95 Å². The van der Waals surface area contributed by atoms with Gasteiger partial charge in [0, 0.05) is 39.1 Å². The Bertz CT molecular complexity index is 1610. The van der Waals surface area contributed by atoms with Gasteiger partial charge in [0.05, 0.1) is 0 Å². The molecule has 0 bridgehead atoms. The maximum atomic E-state index is 13.5. The number of thioether (sulfide) groups is 1. The lowest BCUT2D eigenvalue weighted by Gasteiger charge is -2.38. The molecule has 0 saturated carbocycles. The summed E-state index contributed by atoms with van der Waals surface area (Å²) in [4.78, 5) is 18.3. The highest BCUT2D eigenvalue weighted by Crippen LogP contribution is 2.46. The van der Waals surface area contributed by atoms with Gasteiger partial charge in [0.2, 0.25) is 11.1 Å². The van der Waals surface area contributed by atoms with Gasteiger partial charge in [0.15, 0.2) is 5.78 Å². The van der Waals surface area contributed by atoms with Crippen LogP contribution in [0.15, 0.2) is 89.2 Å². The van der Waals surface area contributed by atoms with Crippen LogP contribution in [0.5, 0.6) is 5.75 Å². The summed E-state index contributed by atoms with van der Waals surface area (Å²) in [7, 11) is 0. The number of hydrogen-bond donors (Lipinski definition) is 1. The van der Waals surface area contributed by atoms with Gasteiger partial charge in [-0.05, 0) is 47.2 Å². The maximum absolute atomic E-state index is 13.5. The minimum Gasteiger partial charge on any atom is -0.489 e. The molecule has 0 fully saturated rings. The topological polar surface area (TPSA) is 69.0 Å². The number of aromatic nitrogens is 3. The molecule has 2 aliphatic rings. The van der Waals surface area contributed by atoms with Crippen LogP contribution >= 0.6 is 35.0 Å². The second kappa shape index (κ2) is 11.0. The van der Waals surface area contributed by atoms with Crippen molar-refractivity contribution in [1.82, 2.24) is 14.8 Å². The predicted octanol–water partition coefficient (Wildman–Crippen LogP) is 8.11. The van der Waals surface area contributed by atoms with Crippen LogP contribution in [-0.2, 0) is 17.2 Å². The maximum Gasteiger partial charge on any atom is 0.227 e. The predicted molar refractivity (Wildman–Crippen MR) is 160 cm³/mol. The summed E-state index contributed by atoms with van der Waals surface area (Å²) in [6, 6.07) is 22.9. The zero-order chi connectivity index (χ0) is 27.9. The number of carbonyl (C=O) groups is 1. The third-order valence-electron chi connectivity index (χ3n) is 7.18. The zero-order valence-electron chi connectivity index (χ0n) is 22.2. The molecule has 0 amide bonds. The van der Waals surface area contributed by atoms with Crippen molar-refractivity contribution < 1.29 is 9.53 Å². The summed E-state index contributed by atoms with van der Waals surface area (Å²) >= 11 is 14.2. The first-order valence-electron chi connectivity index (χ1n) is 13.1. The molecule has 1 aliphatic carbocycles. The largest absolute Gasteiger partial charge is 0.489 e. The summed E-state index contributed by atoms with van der Waals surface area (Å²) in [5.41, 5.74) is 4.44. The molecule has 1 aromatic heterocycles. The highest BCUT2D eigenvalue weighted by Gasteiger charge is 2.41. The Morgan fingerprint density at radius 1 is 0.975 bits per heavy atom. The number of anilines is 1. The molecule has 2 heterocycles. The summed E-state index contributed by atoms with van der Waals surface area (Å²) in [6.07, 6.45) is 1.25. The molecule has 204 valence electrons. The first kappa shape index (κ1) is 26.9. The Hall–Kier alpha value is -3.26. The van der Waals surface area contributed by atoms with E-state index in [9.17, 15) is 4.79 Å². The van der Waals surface area contributed by atoms with Crippen LogP contribution in [0.25, 0.3) is 0 Å². The van der Waals surface area contributed by atoms with Gasteiger partial charge in [0.25, 0.3) is 0 Å². The average Bonchev–Trinajstić information content (AvgIpc) is 3.33. The lowest BCUT2D eigenvalue weighted by Crippen LogP contribution is -2.36. The molecule has 6 nitrogen and oxygen atoms in total. The van der Waals surface area contributed by atoms with Crippen LogP contribution in [0, 0.1) is 5.41 Å². The number of ether oxygens (including phenoxy) is 1. The minimum atomic E-state index is -0.380. The van der Waals surface area contributed by atoms with Crippen molar-refractivity contribution in [3.63, 3.8) is 0 Å². The van der Waals surface area contributed by atoms with Gasteiger partial charge in [-0.15, -0.1) is 5.10 Å². The number of allylic oxidation sites excluding steroid dienone is 2. The van der Waals surface area contributed by atoms with E-state index >= 15 is 0 Å². The van der Waals surface area contributed by atoms with Crippen molar-refractivity contribution in [2.24, 2.45) is 5.41 Å². The van der Waals surface area contributed by atoms with Crippen molar-refractivity contribution in [2.45, 2.75) is 50.2 Å². The van der Waals surface area contributed by atoms with Gasteiger partial charge in [-0.3, -0.25) is 4.79 Å². The van der Waals surface area contributed by atoms with E-state index in [-0.39, 0.29) is 17.2 Å². The van der Waals surface area contributed by atoms with Gasteiger partial charge in [0.1, 0.15) is 18.4 Å². The van der Waals surface area contributed by atoms with E-state index in [2.05, 4.69) is 19.2 Å². The van der Waals surface area contributed by atoms with E-state index < -0.39 is 0 Å².